The first-order valence-electron chi connectivity index (χ1n) is 4.91. The number of aliphatic carboxylic acids is 1. The molecule has 18 heavy (non-hydrogen) atoms. The van der Waals surface area contributed by atoms with Gasteiger partial charge < -0.3 is 14.9 Å². The van der Waals surface area contributed by atoms with Crippen LogP contribution < -0.4 is 9.46 Å². The summed E-state index contributed by atoms with van der Waals surface area (Å²) in [5.74, 6) is -0.994. The molecule has 3 N–H and O–H groups in total. The van der Waals surface area contributed by atoms with E-state index < -0.39 is 28.6 Å². The Morgan fingerprint density at radius 2 is 1.94 bits per heavy atom. The highest BCUT2D eigenvalue weighted by atomic mass is 32.2. The summed E-state index contributed by atoms with van der Waals surface area (Å²) < 4.78 is 30.3. The molecule has 0 fully saturated rings. The second-order valence-electron chi connectivity index (χ2n) is 3.38. The van der Waals surface area contributed by atoms with Crippen molar-refractivity contribution in [3.05, 3.63) is 24.3 Å². The number of aliphatic hydroxyl groups is 1. The lowest BCUT2D eigenvalue weighted by molar-refractivity contribution is -0.146. The first-order valence-corrected chi connectivity index (χ1v) is 6.39. The summed E-state index contributed by atoms with van der Waals surface area (Å²) in [5, 5.41) is 17.4. The molecule has 0 aliphatic rings. The molecule has 1 aromatic carbocycles. The summed E-state index contributed by atoms with van der Waals surface area (Å²) in [6.07, 6.45) is -1.78. The lowest BCUT2D eigenvalue weighted by Crippen LogP contribution is -2.36. The molecule has 0 amide bonds. The molecule has 100 valence electrons. The van der Waals surface area contributed by atoms with E-state index in [0.717, 1.165) is 0 Å². The van der Waals surface area contributed by atoms with Crippen LogP contribution in [-0.2, 0) is 14.8 Å². The zero-order valence-electron chi connectivity index (χ0n) is 9.53. The molecule has 1 atom stereocenters. The molecule has 1 unspecified atom stereocenters. The molecule has 0 saturated carbocycles. The SMILES string of the molecule is COc1ccc(S(=O)(=O)NCC(O)C(=O)O)cc1. The number of sulfonamides is 1. The molecule has 0 spiro atoms. The molecule has 0 radical (unpaired) electrons. The number of benzene rings is 1. The van der Waals surface area contributed by atoms with Crippen LogP contribution in [0.3, 0.4) is 0 Å². The maximum Gasteiger partial charge on any atom is 0.333 e. The number of hydrogen-bond acceptors (Lipinski definition) is 5. The monoisotopic (exact) mass is 275 g/mol. The fraction of sp³-hybridized carbons (Fsp3) is 0.300. The predicted octanol–water partition coefficient (Wildman–Crippen LogP) is -0.581. The molecule has 0 aromatic heterocycles. The summed E-state index contributed by atoms with van der Waals surface area (Å²) in [6.45, 7) is -0.594. The Bertz CT molecular complexity index is 510. The van der Waals surface area contributed by atoms with Crippen molar-refractivity contribution >= 4 is 16.0 Å². The number of carboxylic acid groups (broad SMARTS) is 1. The van der Waals surface area contributed by atoms with Crippen LogP contribution in [0.2, 0.25) is 0 Å². The van der Waals surface area contributed by atoms with Crippen LogP contribution >= 0.6 is 0 Å². The number of methoxy groups -OCH3 is 1. The summed E-state index contributed by atoms with van der Waals surface area (Å²) in [7, 11) is -2.39. The number of hydrogen-bond donors (Lipinski definition) is 3. The van der Waals surface area contributed by atoms with E-state index in [9.17, 15) is 13.2 Å². The van der Waals surface area contributed by atoms with E-state index in [1.54, 1.807) is 0 Å². The Morgan fingerprint density at radius 1 is 1.39 bits per heavy atom. The van der Waals surface area contributed by atoms with Crippen molar-refractivity contribution in [1.82, 2.24) is 4.72 Å². The topological polar surface area (TPSA) is 113 Å². The molecule has 0 aliphatic heterocycles. The number of carbonyl (C=O) groups is 1. The van der Waals surface area contributed by atoms with Gasteiger partial charge in [0.15, 0.2) is 6.10 Å². The molecular formula is C10H13NO6S. The highest BCUT2D eigenvalue weighted by molar-refractivity contribution is 7.89. The fourth-order valence-electron chi connectivity index (χ4n) is 1.11. The van der Waals surface area contributed by atoms with Crippen LogP contribution in [0.15, 0.2) is 29.2 Å². The Kier molecular flexibility index (Phi) is 4.65. The number of aliphatic hydroxyl groups excluding tert-OH is 1. The molecule has 0 heterocycles. The van der Waals surface area contributed by atoms with Gasteiger partial charge in [0.05, 0.1) is 12.0 Å². The second kappa shape index (κ2) is 5.80. The van der Waals surface area contributed by atoms with E-state index in [2.05, 4.69) is 0 Å². The van der Waals surface area contributed by atoms with E-state index in [1.165, 1.54) is 31.4 Å². The maximum atomic E-state index is 11.7. The Hall–Kier alpha value is -1.64. The van der Waals surface area contributed by atoms with E-state index >= 15 is 0 Å². The first kappa shape index (κ1) is 14.4. The summed E-state index contributed by atoms with van der Waals surface area (Å²) in [6, 6.07) is 5.55. The molecule has 1 aromatic rings. The van der Waals surface area contributed by atoms with Crippen LogP contribution in [0.25, 0.3) is 0 Å². The molecule has 0 saturated heterocycles. The molecule has 0 aliphatic carbocycles. The Balaban J connectivity index is 2.76. The molecule has 1 rings (SSSR count). The lowest BCUT2D eigenvalue weighted by atomic mass is 10.3. The van der Waals surface area contributed by atoms with Gasteiger partial charge in [-0.25, -0.2) is 17.9 Å². The predicted molar refractivity (Wildman–Crippen MR) is 61.8 cm³/mol. The highest BCUT2D eigenvalue weighted by Crippen LogP contribution is 2.15. The molecule has 7 nitrogen and oxygen atoms in total. The van der Waals surface area contributed by atoms with Gasteiger partial charge in [0.25, 0.3) is 0 Å². The van der Waals surface area contributed by atoms with Crippen LogP contribution in [0.1, 0.15) is 0 Å². The van der Waals surface area contributed by atoms with Gasteiger partial charge in [-0.05, 0) is 24.3 Å². The second-order valence-corrected chi connectivity index (χ2v) is 5.15. The van der Waals surface area contributed by atoms with E-state index in [0.29, 0.717) is 5.75 Å². The Labute approximate surface area is 104 Å². The highest BCUT2D eigenvalue weighted by Gasteiger charge is 2.19. The van der Waals surface area contributed by atoms with Crippen molar-refractivity contribution in [3.8, 4) is 5.75 Å². The number of nitrogens with one attached hydrogen (secondary N) is 1. The lowest BCUT2D eigenvalue weighted by Gasteiger charge is -2.09. The third kappa shape index (κ3) is 3.69. The van der Waals surface area contributed by atoms with Crippen molar-refractivity contribution in [3.63, 3.8) is 0 Å². The van der Waals surface area contributed by atoms with Crippen molar-refractivity contribution < 1.29 is 28.2 Å². The normalized spacial score (nSPS) is 13.0. The third-order valence-electron chi connectivity index (χ3n) is 2.12. The van der Waals surface area contributed by atoms with Crippen LogP contribution in [0.5, 0.6) is 5.75 Å². The van der Waals surface area contributed by atoms with Gasteiger partial charge in [0, 0.05) is 6.54 Å². The van der Waals surface area contributed by atoms with Crippen LogP contribution in [-0.4, -0.2) is 44.4 Å². The quantitative estimate of drug-likeness (QED) is 0.640. The zero-order chi connectivity index (χ0) is 13.8. The summed E-state index contributed by atoms with van der Waals surface area (Å²) in [5.41, 5.74) is 0. The van der Waals surface area contributed by atoms with Crippen molar-refractivity contribution in [2.45, 2.75) is 11.0 Å². The van der Waals surface area contributed by atoms with Gasteiger partial charge in [0.2, 0.25) is 10.0 Å². The Morgan fingerprint density at radius 3 is 2.39 bits per heavy atom. The van der Waals surface area contributed by atoms with Gasteiger partial charge >= 0.3 is 5.97 Å². The maximum absolute atomic E-state index is 11.7. The minimum Gasteiger partial charge on any atom is -0.497 e. The average Bonchev–Trinajstić information content (AvgIpc) is 2.36. The summed E-state index contributed by atoms with van der Waals surface area (Å²) >= 11 is 0. The first-order chi connectivity index (χ1) is 8.36. The van der Waals surface area contributed by atoms with Gasteiger partial charge in [-0.1, -0.05) is 0 Å². The van der Waals surface area contributed by atoms with Crippen molar-refractivity contribution in [2.75, 3.05) is 13.7 Å². The third-order valence-corrected chi connectivity index (χ3v) is 3.56. The molecule has 0 bridgehead atoms. The van der Waals surface area contributed by atoms with E-state index in [4.69, 9.17) is 14.9 Å². The van der Waals surface area contributed by atoms with Gasteiger partial charge in [-0.2, -0.15) is 0 Å². The zero-order valence-corrected chi connectivity index (χ0v) is 10.3. The smallest absolute Gasteiger partial charge is 0.333 e. The van der Waals surface area contributed by atoms with Crippen molar-refractivity contribution in [2.24, 2.45) is 0 Å². The van der Waals surface area contributed by atoms with Gasteiger partial charge in [-0.3, -0.25) is 0 Å². The minimum atomic E-state index is -3.84. The van der Waals surface area contributed by atoms with Crippen LogP contribution in [0.4, 0.5) is 0 Å². The van der Waals surface area contributed by atoms with Crippen molar-refractivity contribution in [1.29, 1.82) is 0 Å². The van der Waals surface area contributed by atoms with Gasteiger partial charge in [-0.15, -0.1) is 0 Å². The average molecular weight is 275 g/mol. The van der Waals surface area contributed by atoms with Gasteiger partial charge in [0.1, 0.15) is 5.75 Å². The minimum absolute atomic E-state index is 0.0408. The number of ether oxygens (including phenoxy) is 1. The largest absolute Gasteiger partial charge is 0.497 e. The number of rotatable bonds is 6. The van der Waals surface area contributed by atoms with Crippen LogP contribution in [0, 0.1) is 0 Å². The molecule has 8 heteroatoms. The molecular weight excluding hydrogens is 262 g/mol. The standard InChI is InChI=1S/C10H13NO6S/c1-17-7-2-4-8(5-3-7)18(15,16)11-6-9(12)10(13)14/h2-5,9,11-12H,6H2,1H3,(H,13,14). The van der Waals surface area contributed by atoms with E-state index in [-0.39, 0.29) is 4.90 Å². The summed E-state index contributed by atoms with van der Waals surface area (Å²) in [4.78, 5) is 10.3. The fourth-order valence-corrected chi connectivity index (χ4v) is 2.15. The number of carboxylic acids is 1. The van der Waals surface area contributed by atoms with E-state index in [1.807, 2.05) is 4.72 Å².